The van der Waals surface area contributed by atoms with Gasteiger partial charge >= 0.3 is 0 Å². The average Bonchev–Trinajstić information content (AvgIpc) is 2.62. The molecule has 1 aliphatic heterocycles. The molecule has 1 N–H and O–H groups in total. The van der Waals surface area contributed by atoms with Crippen LogP contribution in [0, 0.1) is 0 Å². The third kappa shape index (κ3) is 4.95. The Kier molecular flexibility index (Phi) is 6.64. The standard InChI is InChI=1S/C20H19Cl3N2O2/c21-14-11-13-5-4-10-25(20(13)16(23)12-14)19(27)9-3-8-18(26)24-17-7-2-1-6-15(17)22/h1-2,6-7,11-12H,3-5,8-10H2,(H,24,26). The Morgan fingerprint density at radius 3 is 2.59 bits per heavy atom. The lowest BCUT2D eigenvalue weighted by Gasteiger charge is -2.30. The third-order valence-corrected chi connectivity index (χ3v) is 5.28. The van der Waals surface area contributed by atoms with Gasteiger partial charge in [-0.15, -0.1) is 0 Å². The molecule has 27 heavy (non-hydrogen) atoms. The Bertz CT molecular complexity index is 870. The maximum atomic E-state index is 12.7. The minimum Gasteiger partial charge on any atom is -0.325 e. The van der Waals surface area contributed by atoms with Crippen LogP contribution in [0.5, 0.6) is 0 Å². The van der Waals surface area contributed by atoms with Crippen molar-refractivity contribution in [3.63, 3.8) is 0 Å². The molecule has 0 unspecified atom stereocenters. The van der Waals surface area contributed by atoms with Crippen LogP contribution in [0.4, 0.5) is 11.4 Å². The molecule has 0 bridgehead atoms. The van der Waals surface area contributed by atoms with Crippen molar-refractivity contribution in [3.8, 4) is 0 Å². The number of hydrogen-bond donors (Lipinski definition) is 1. The van der Waals surface area contributed by atoms with Gasteiger partial charge in [-0.25, -0.2) is 0 Å². The predicted molar refractivity (Wildman–Crippen MR) is 111 cm³/mol. The molecule has 0 saturated carbocycles. The third-order valence-electron chi connectivity index (χ3n) is 4.45. The maximum Gasteiger partial charge on any atom is 0.227 e. The zero-order valence-electron chi connectivity index (χ0n) is 14.6. The van der Waals surface area contributed by atoms with Crippen molar-refractivity contribution in [1.82, 2.24) is 0 Å². The van der Waals surface area contributed by atoms with Gasteiger partial charge in [-0.05, 0) is 49.1 Å². The topological polar surface area (TPSA) is 49.4 Å². The van der Waals surface area contributed by atoms with E-state index in [1.54, 1.807) is 35.2 Å². The van der Waals surface area contributed by atoms with Crippen LogP contribution >= 0.6 is 34.8 Å². The number of anilines is 2. The molecule has 2 aromatic carbocycles. The predicted octanol–water partition coefficient (Wildman–Crippen LogP) is 5.74. The van der Waals surface area contributed by atoms with Gasteiger partial charge < -0.3 is 10.2 Å². The Hall–Kier alpha value is -1.75. The first kappa shape index (κ1) is 20.0. The fraction of sp³-hybridized carbons (Fsp3) is 0.300. The van der Waals surface area contributed by atoms with E-state index in [4.69, 9.17) is 34.8 Å². The lowest BCUT2D eigenvalue weighted by atomic mass is 10.0. The molecule has 3 rings (SSSR count). The summed E-state index contributed by atoms with van der Waals surface area (Å²) in [6, 6.07) is 10.6. The summed E-state index contributed by atoms with van der Waals surface area (Å²) >= 11 is 18.4. The molecule has 1 aliphatic rings. The number of hydrogen-bond acceptors (Lipinski definition) is 2. The van der Waals surface area contributed by atoms with Crippen LogP contribution in [0.2, 0.25) is 15.1 Å². The molecule has 2 amide bonds. The van der Waals surface area contributed by atoms with E-state index in [0.717, 1.165) is 24.1 Å². The molecule has 0 spiro atoms. The highest BCUT2D eigenvalue weighted by atomic mass is 35.5. The number of nitrogens with zero attached hydrogens (tertiary/aromatic N) is 1. The number of aryl methyl sites for hydroxylation is 1. The van der Waals surface area contributed by atoms with E-state index in [2.05, 4.69) is 5.32 Å². The largest absolute Gasteiger partial charge is 0.325 e. The van der Waals surface area contributed by atoms with Crippen molar-refractivity contribution in [1.29, 1.82) is 0 Å². The highest BCUT2D eigenvalue weighted by Gasteiger charge is 2.25. The van der Waals surface area contributed by atoms with Gasteiger partial charge in [0.1, 0.15) is 0 Å². The summed E-state index contributed by atoms with van der Waals surface area (Å²) in [5, 5.41) is 4.31. The molecule has 0 fully saturated rings. The monoisotopic (exact) mass is 424 g/mol. The smallest absolute Gasteiger partial charge is 0.227 e. The molecule has 0 atom stereocenters. The van der Waals surface area contributed by atoms with Crippen molar-refractivity contribution >= 4 is 58.0 Å². The molecule has 142 valence electrons. The summed E-state index contributed by atoms with van der Waals surface area (Å²) in [5.41, 5.74) is 2.31. The van der Waals surface area contributed by atoms with E-state index in [1.165, 1.54) is 0 Å². The fourth-order valence-corrected chi connectivity index (χ4v) is 4.03. The van der Waals surface area contributed by atoms with Crippen LogP contribution in [0.15, 0.2) is 36.4 Å². The van der Waals surface area contributed by atoms with Crippen molar-refractivity contribution in [2.45, 2.75) is 32.1 Å². The zero-order valence-corrected chi connectivity index (χ0v) is 16.9. The Labute approximate surface area is 173 Å². The maximum absolute atomic E-state index is 12.7. The van der Waals surface area contributed by atoms with E-state index < -0.39 is 0 Å². The number of amides is 2. The summed E-state index contributed by atoms with van der Waals surface area (Å²) in [7, 11) is 0. The highest BCUT2D eigenvalue weighted by molar-refractivity contribution is 6.37. The Morgan fingerprint density at radius 1 is 1.04 bits per heavy atom. The first-order valence-corrected chi connectivity index (χ1v) is 9.92. The van der Waals surface area contributed by atoms with Crippen LogP contribution in [0.1, 0.15) is 31.2 Å². The molecule has 1 heterocycles. The van der Waals surface area contributed by atoms with Crippen molar-refractivity contribution in [2.75, 3.05) is 16.8 Å². The van der Waals surface area contributed by atoms with E-state index in [0.29, 0.717) is 33.7 Å². The summed E-state index contributed by atoms with van der Waals surface area (Å²) < 4.78 is 0. The molecule has 0 aromatic heterocycles. The summed E-state index contributed by atoms with van der Waals surface area (Å²) in [6.07, 6.45) is 2.68. The van der Waals surface area contributed by atoms with Crippen molar-refractivity contribution < 1.29 is 9.59 Å². The molecule has 4 nitrogen and oxygen atoms in total. The average molecular weight is 426 g/mol. The summed E-state index contributed by atoms with van der Waals surface area (Å²) in [4.78, 5) is 26.5. The second-order valence-electron chi connectivity index (χ2n) is 6.43. The SMILES string of the molecule is O=C(CCCC(=O)N1CCCc2cc(Cl)cc(Cl)c21)Nc1ccccc1Cl. The van der Waals surface area contributed by atoms with E-state index >= 15 is 0 Å². The van der Waals surface area contributed by atoms with Gasteiger partial charge in [-0.2, -0.15) is 0 Å². The van der Waals surface area contributed by atoms with Gasteiger partial charge in [-0.1, -0.05) is 46.9 Å². The Balaban J connectivity index is 1.56. The first-order valence-electron chi connectivity index (χ1n) is 8.78. The second-order valence-corrected chi connectivity index (χ2v) is 7.68. The summed E-state index contributed by atoms with van der Waals surface area (Å²) in [6.45, 7) is 0.624. The van der Waals surface area contributed by atoms with Crippen LogP contribution in [-0.4, -0.2) is 18.4 Å². The highest BCUT2D eigenvalue weighted by Crippen LogP contribution is 2.37. The van der Waals surface area contributed by atoms with Crippen LogP contribution < -0.4 is 10.2 Å². The Morgan fingerprint density at radius 2 is 1.81 bits per heavy atom. The number of nitrogens with one attached hydrogen (secondary N) is 1. The van der Waals surface area contributed by atoms with Gasteiger partial charge in [0, 0.05) is 24.4 Å². The normalized spacial score (nSPS) is 13.2. The lowest BCUT2D eigenvalue weighted by molar-refractivity contribution is -0.119. The zero-order chi connectivity index (χ0) is 19.4. The molecule has 2 aromatic rings. The lowest BCUT2D eigenvalue weighted by Crippen LogP contribution is -2.35. The first-order chi connectivity index (χ1) is 13.0. The van der Waals surface area contributed by atoms with Crippen LogP contribution in [0.25, 0.3) is 0 Å². The van der Waals surface area contributed by atoms with Gasteiger partial charge in [0.2, 0.25) is 11.8 Å². The second kappa shape index (κ2) is 8.96. The van der Waals surface area contributed by atoms with Gasteiger partial charge in [0.05, 0.1) is 21.4 Å². The van der Waals surface area contributed by atoms with E-state index in [1.807, 2.05) is 6.07 Å². The molecular formula is C20H19Cl3N2O2. The van der Waals surface area contributed by atoms with E-state index in [9.17, 15) is 9.59 Å². The molecule has 0 radical (unpaired) electrons. The molecule has 0 aliphatic carbocycles. The number of halogens is 3. The fourth-order valence-electron chi connectivity index (χ4n) is 3.21. The number of para-hydroxylation sites is 1. The van der Waals surface area contributed by atoms with Gasteiger partial charge in [0.15, 0.2) is 0 Å². The quantitative estimate of drug-likeness (QED) is 0.664. The molecular weight excluding hydrogens is 407 g/mol. The van der Waals surface area contributed by atoms with Gasteiger partial charge in [-0.3, -0.25) is 9.59 Å². The van der Waals surface area contributed by atoms with Crippen molar-refractivity contribution in [2.24, 2.45) is 0 Å². The number of carbonyl (C=O) groups excluding carboxylic acids is 2. The number of fused-ring (bicyclic) bond motifs is 1. The van der Waals surface area contributed by atoms with Crippen LogP contribution in [-0.2, 0) is 16.0 Å². The minimum atomic E-state index is -0.167. The molecule has 7 heteroatoms. The summed E-state index contributed by atoms with van der Waals surface area (Å²) in [5.74, 6) is -0.203. The van der Waals surface area contributed by atoms with Crippen LogP contribution in [0.3, 0.4) is 0 Å². The van der Waals surface area contributed by atoms with Crippen molar-refractivity contribution in [3.05, 3.63) is 57.0 Å². The number of rotatable bonds is 5. The number of benzene rings is 2. The van der Waals surface area contributed by atoms with E-state index in [-0.39, 0.29) is 24.7 Å². The minimum absolute atomic E-state index is 0.0364. The molecule has 0 saturated heterocycles. The number of carbonyl (C=O) groups is 2. The van der Waals surface area contributed by atoms with Gasteiger partial charge in [0.25, 0.3) is 0 Å².